The van der Waals surface area contributed by atoms with E-state index in [2.05, 4.69) is 4.90 Å². The second kappa shape index (κ2) is 4.46. The highest BCUT2D eigenvalue weighted by atomic mass is 16.3. The lowest BCUT2D eigenvalue weighted by molar-refractivity contribution is -0.121. The first-order valence-electron chi connectivity index (χ1n) is 4.18. The number of hydrogen-bond donors (Lipinski definition) is 1. The number of hydrogen-bond acceptors (Lipinski definition) is 3. The number of aliphatic hydroxyl groups excluding tert-OH is 1. The van der Waals surface area contributed by atoms with Crippen molar-refractivity contribution in [2.24, 2.45) is 0 Å². The summed E-state index contributed by atoms with van der Waals surface area (Å²) in [5.41, 5.74) is 0. The lowest BCUT2D eigenvalue weighted by Crippen LogP contribution is -2.34. The molecule has 0 spiro atoms. The number of nitrogens with zero attached hydrogens (tertiary/aromatic N) is 1. The maximum absolute atomic E-state index is 10.8. The van der Waals surface area contributed by atoms with Crippen LogP contribution in [-0.2, 0) is 4.79 Å². The zero-order chi connectivity index (χ0) is 8.10. The number of ketones is 1. The van der Waals surface area contributed by atoms with Gasteiger partial charge in [0.2, 0.25) is 0 Å². The van der Waals surface area contributed by atoms with Crippen LogP contribution in [0.1, 0.15) is 19.3 Å². The fraction of sp³-hybridized carbons (Fsp3) is 0.875. The van der Waals surface area contributed by atoms with E-state index in [9.17, 15) is 4.79 Å². The third kappa shape index (κ3) is 2.99. The maximum atomic E-state index is 10.8. The Bertz CT molecular complexity index is 126. The molecule has 3 nitrogen and oxygen atoms in total. The Morgan fingerprint density at radius 2 is 2.00 bits per heavy atom. The molecule has 0 aromatic heterocycles. The molecule has 0 radical (unpaired) electrons. The number of rotatable bonds is 3. The third-order valence-electron chi connectivity index (χ3n) is 2.05. The lowest BCUT2D eigenvalue weighted by Gasteiger charge is -2.25. The largest absolute Gasteiger partial charge is 0.396 e. The fourth-order valence-electron chi connectivity index (χ4n) is 1.32. The van der Waals surface area contributed by atoms with E-state index in [-0.39, 0.29) is 6.61 Å². The number of carbonyl (C=O) groups is 1. The van der Waals surface area contributed by atoms with Crippen LogP contribution in [0.5, 0.6) is 0 Å². The normalized spacial score (nSPS) is 20.6. The zero-order valence-electron chi connectivity index (χ0n) is 6.75. The molecule has 1 fully saturated rings. The van der Waals surface area contributed by atoms with Gasteiger partial charge >= 0.3 is 0 Å². The minimum atomic E-state index is 0.254. The van der Waals surface area contributed by atoms with Gasteiger partial charge in [0.05, 0.1) is 0 Å². The fourth-order valence-corrected chi connectivity index (χ4v) is 1.32. The summed E-state index contributed by atoms with van der Waals surface area (Å²) in [6, 6.07) is 0. The third-order valence-corrected chi connectivity index (χ3v) is 2.05. The monoisotopic (exact) mass is 157 g/mol. The Balaban J connectivity index is 2.12. The van der Waals surface area contributed by atoms with Gasteiger partial charge in [-0.25, -0.2) is 0 Å². The zero-order valence-corrected chi connectivity index (χ0v) is 6.75. The topological polar surface area (TPSA) is 40.5 Å². The average Bonchev–Trinajstić information content (AvgIpc) is 2.04. The van der Waals surface area contributed by atoms with Crippen LogP contribution in [0.15, 0.2) is 0 Å². The Hall–Kier alpha value is -0.410. The highest BCUT2D eigenvalue weighted by molar-refractivity contribution is 5.79. The standard InChI is InChI=1S/C8H15NO2/c10-7-1-4-9-5-2-8(11)3-6-9/h10H,1-7H2. The van der Waals surface area contributed by atoms with Crippen molar-refractivity contribution in [3.05, 3.63) is 0 Å². The van der Waals surface area contributed by atoms with Gasteiger partial charge in [0, 0.05) is 39.1 Å². The molecule has 11 heavy (non-hydrogen) atoms. The molecular weight excluding hydrogens is 142 g/mol. The van der Waals surface area contributed by atoms with Crippen LogP contribution in [0.25, 0.3) is 0 Å². The molecule has 1 aliphatic rings. The van der Waals surface area contributed by atoms with Gasteiger partial charge in [0.25, 0.3) is 0 Å². The van der Waals surface area contributed by atoms with Crippen LogP contribution in [0.2, 0.25) is 0 Å². The summed E-state index contributed by atoms with van der Waals surface area (Å²) in [5.74, 6) is 0.380. The molecule has 3 heteroatoms. The highest BCUT2D eigenvalue weighted by Crippen LogP contribution is 2.05. The van der Waals surface area contributed by atoms with Crippen molar-refractivity contribution >= 4 is 5.78 Å². The van der Waals surface area contributed by atoms with Crippen molar-refractivity contribution in [1.82, 2.24) is 4.90 Å². The van der Waals surface area contributed by atoms with Gasteiger partial charge in [0.15, 0.2) is 0 Å². The molecule has 0 atom stereocenters. The Morgan fingerprint density at radius 3 is 2.55 bits per heavy atom. The van der Waals surface area contributed by atoms with Crippen molar-refractivity contribution in [1.29, 1.82) is 0 Å². The number of Topliss-reactive ketones (excluding diaryl/α,β-unsaturated/α-hetero) is 1. The summed E-state index contributed by atoms with van der Waals surface area (Å²) in [4.78, 5) is 13.0. The van der Waals surface area contributed by atoms with E-state index >= 15 is 0 Å². The van der Waals surface area contributed by atoms with Crippen LogP contribution in [0.3, 0.4) is 0 Å². The smallest absolute Gasteiger partial charge is 0.135 e. The molecule has 1 heterocycles. The number of likely N-dealkylation sites (tertiary alicyclic amines) is 1. The Kier molecular flexibility index (Phi) is 3.52. The van der Waals surface area contributed by atoms with Crippen LogP contribution in [-0.4, -0.2) is 42.0 Å². The van der Waals surface area contributed by atoms with Crippen LogP contribution < -0.4 is 0 Å². The van der Waals surface area contributed by atoms with Gasteiger partial charge in [-0.1, -0.05) is 0 Å². The highest BCUT2D eigenvalue weighted by Gasteiger charge is 2.14. The van der Waals surface area contributed by atoms with Gasteiger partial charge in [-0.05, 0) is 6.42 Å². The summed E-state index contributed by atoms with van der Waals surface area (Å²) in [6.45, 7) is 2.96. The van der Waals surface area contributed by atoms with E-state index in [1.165, 1.54) is 0 Å². The quantitative estimate of drug-likeness (QED) is 0.628. The minimum Gasteiger partial charge on any atom is -0.396 e. The first kappa shape index (κ1) is 8.68. The molecule has 1 rings (SSSR count). The molecule has 1 N–H and O–H groups in total. The summed E-state index contributed by atoms with van der Waals surface area (Å²) < 4.78 is 0. The number of aliphatic hydroxyl groups is 1. The maximum Gasteiger partial charge on any atom is 0.135 e. The van der Waals surface area contributed by atoms with Crippen LogP contribution >= 0.6 is 0 Å². The molecule has 1 saturated heterocycles. The van der Waals surface area contributed by atoms with E-state index in [1.54, 1.807) is 0 Å². The SMILES string of the molecule is O=C1CCN(CCCO)CC1. The predicted octanol–water partition coefficient (Wildman–Crippen LogP) is 0.0337. The molecule has 1 aliphatic heterocycles. The second-order valence-electron chi connectivity index (χ2n) is 2.96. The first-order chi connectivity index (χ1) is 5.33. The van der Waals surface area contributed by atoms with Crippen LogP contribution in [0.4, 0.5) is 0 Å². The van der Waals surface area contributed by atoms with Crippen LogP contribution in [0, 0.1) is 0 Å². The van der Waals surface area contributed by atoms with Crippen molar-refractivity contribution < 1.29 is 9.90 Å². The predicted molar refractivity (Wildman–Crippen MR) is 42.4 cm³/mol. The Labute approximate surface area is 67.0 Å². The van der Waals surface area contributed by atoms with Gasteiger partial charge in [-0.2, -0.15) is 0 Å². The average molecular weight is 157 g/mol. The van der Waals surface area contributed by atoms with Crippen molar-refractivity contribution in [2.75, 3.05) is 26.2 Å². The van der Waals surface area contributed by atoms with Gasteiger partial charge in [-0.15, -0.1) is 0 Å². The summed E-state index contributed by atoms with van der Waals surface area (Å²) in [6.07, 6.45) is 2.23. The van der Waals surface area contributed by atoms with Gasteiger partial charge < -0.3 is 10.0 Å². The van der Waals surface area contributed by atoms with Gasteiger partial charge in [-0.3, -0.25) is 4.79 Å². The summed E-state index contributed by atoms with van der Waals surface area (Å²) in [7, 11) is 0. The molecule has 0 amide bonds. The minimum absolute atomic E-state index is 0.254. The summed E-state index contributed by atoms with van der Waals surface area (Å²) in [5, 5.41) is 8.56. The van der Waals surface area contributed by atoms with E-state index in [0.717, 1.165) is 26.1 Å². The molecule has 0 saturated carbocycles. The molecule has 0 aromatic carbocycles. The molecular formula is C8H15NO2. The van der Waals surface area contributed by atoms with E-state index in [4.69, 9.17) is 5.11 Å². The summed E-state index contributed by atoms with van der Waals surface area (Å²) >= 11 is 0. The Morgan fingerprint density at radius 1 is 1.36 bits per heavy atom. The first-order valence-corrected chi connectivity index (χ1v) is 4.18. The van der Waals surface area contributed by atoms with Crippen molar-refractivity contribution in [3.8, 4) is 0 Å². The number of piperidine rings is 1. The lowest BCUT2D eigenvalue weighted by atomic mass is 10.1. The molecule has 0 aromatic rings. The molecule has 0 aliphatic carbocycles. The molecule has 0 bridgehead atoms. The molecule has 0 unspecified atom stereocenters. The second-order valence-corrected chi connectivity index (χ2v) is 2.96. The molecule has 64 valence electrons. The van der Waals surface area contributed by atoms with Crippen molar-refractivity contribution in [3.63, 3.8) is 0 Å². The van der Waals surface area contributed by atoms with E-state index in [0.29, 0.717) is 18.6 Å². The van der Waals surface area contributed by atoms with E-state index in [1.807, 2.05) is 0 Å². The van der Waals surface area contributed by atoms with Crippen molar-refractivity contribution in [2.45, 2.75) is 19.3 Å². The van der Waals surface area contributed by atoms with E-state index < -0.39 is 0 Å². The van der Waals surface area contributed by atoms with Gasteiger partial charge in [0.1, 0.15) is 5.78 Å². The number of carbonyl (C=O) groups excluding carboxylic acids is 1.